The predicted molar refractivity (Wildman–Crippen MR) is 102 cm³/mol. The average Bonchev–Trinajstić information content (AvgIpc) is 3.28. The maximum absolute atomic E-state index is 13.0. The molecule has 2 N–H and O–H groups in total. The van der Waals surface area contributed by atoms with E-state index in [2.05, 4.69) is 0 Å². The third kappa shape index (κ3) is 3.89. The van der Waals surface area contributed by atoms with E-state index in [4.69, 9.17) is 4.74 Å². The minimum atomic E-state index is -0.700. The summed E-state index contributed by atoms with van der Waals surface area (Å²) >= 11 is 1.26. The molecule has 1 atom stereocenters. The van der Waals surface area contributed by atoms with Crippen LogP contribution >= 0.6 is 11.3 Å². The minimum Gasteiger partial charge on any atom is -0.508 e. The molecule has 0 saturated heterocycles. The Kier molecular flexibility index (Phi) is 5.93. The van der Waals surface area contributed by atoms with Crippen molar-refractivity contribution in [3.63, 3.8) is 0 Å². The monoisotopic (exact) mass is 387 g/mol. The summed E-state index contributed by atoms with van der Waals surface area (Å²) in [6, 6.07) is 9.04. The molecule has 1 aromatic carbocycles. The molecule has 7 heteroatoms. The summed E-state index contributed by atoms with van der Waals surface area (Å²) < 4.78 is 5.33. The van der Waals surface area contributed by atoms with E-state index in [1.54, 1.807) is 29.6 Å². The maximum atomic E-state index is 13.0. The number of phenolic OH excluding ortho intramolecular Hbond substituents is 1. The Morgan fingerprint density at radius 3 is 2.59 bits per heavy atom. The highest BCUT2D eigenvalue weighted by Crippen LogP contribution is 2.39. The lowest BCUT2D eigenvalue weighted by Crippen LogP contribution is -2.32. The first-order valence-electron chi connectivity index (χ1n) is 8.73. The van der Waals surface area contributed by atoms with Crippen molar-refractivity contribution in [2.24, 2.45) is 0 Å². The van der Waals surface area contributed by atoms with Crippen molar-refractivity contribution in [3.8, 4) is 5.75 Å². The lowest BCUT2D eigenvalue weighted by molar-refractivity contribution is -0.129. The molecule has 1 aromatic heterocycles. The molecule has 1 aliphatic heterocycles. The third-order valence-electron chi connectivity index (χ3n) is 4.39. The van der Waals surface area contributed by atoms with E-state index in [0.29, 0.717) is 36.6 Å². The van der Waals surface area contributed by atoms with Crippen LogP contribution in [0.1, 0.15) is 34.6 Å². The number of ketones is 1. The number of hydrogen-bond acceptors (Lipinski definition) is 6. The van der Waals surface area contributed by atoms with Crippen LogP contribution < -0.4 is 0 Å². The summed E-state index contributed by atoms with van der Waals surface area (Å²) in [5.41, 5.74) is 0.728. The number of aromatic hydroxyl groups is 1. The van der Waals surface area contributed by atoms with Gasteiger partial charge < -0.3 is 19.8 Å². The first kappa shape index (κ1) is 19.1. The van der Waals surface area contributed by atoms with Gasteiger partial charge in [0.15, 0.2) is 5.76 Å². The van der Waals surface area contributed by atoms with Crippen LogP contribution in [0.3, 0.4) is 0 Å². The molecule has 3 rings (SSSR count). The number of amides is 1. The second-order valence-electron chi connectivity index (χ2n) is 6.11. The fraction of sp³-hybridized carbons (Fsp3) is 0.300. The molecule has 0 unspecified atom stereocenters. The van der Waals surface area contributed by atoms with Gasteiger partial charge in [-0.25, -0.2) is 0 Å². The van der Waals surface area contributed by atoms with Gasteiger partial charge in [0, 0.05) is 19.8 Å². The number of aliphatic hydroxyl groups excluding tert-OH is 1. The van der Waals surface area contributed by atoms with Crippen LogP contribution in [0.2, 0.25) is 0 Å². The Labute approximate surface area is 161 Å². The van der Waals surface area contributed by atoms with Crippen molar-refractivity contribution in [3.05, 3.63) is 63.6 Å². The van der Waals surface area contributed by atoms with Crippen molar-refractivity contribution in [2.75, 3.05) is 19.8 Å². The highest BCUT2D eigenvalue weighted by molar-refractivity contribution is 7.12. The molecule has 142 valence electrons. The van der Waals surface area contributed by atoms with E-state index < -0.39 is 17.7 Å². The smallest absolute Gasteiger partial charge is 0.290 e. The number of rotatable bonds is 8. The molecule has 0 saturated carbocycles. The Morgan fingerprint density at radius 1 is 1.22 bits per heavy atom. The van der Waals surface area contributed by atoms with Gasteiger partial charge in [0.25, 0.3) is 5.91 Å². The molecule has 1 amide bonds. The molecule has 2 aromatic rings. The number of thiophene rings is 1. The fourth-order valence-corrected chi connectivity index (χ4v) is 3.82. The summed E-state index contributed by atoms with van der Waals surface area (Å²) in [6.07, 6.45) is 0.585. The van der Waals surface area contributed by atoms with Crippen molar-refractivity contribution >= 4 is 23.0 Å². The molecule has 6 nitrogen and oxygen atoms in total. The summed E-state index contributed by atoms with van der Waals surface area (Å²) in [7, 11) is 0. The molecule has 0 spiro atoms. The summed E-state index contributed by atoms with van der Waals surface area (Å²) in [5.74, 6) is -1.35. The quantitative estimate of drug-likeness (QED) is 0.535. The van der Waals surface area contributed by atoms with Crippen LogP contribution in [-0.2, 0) is 9.53 Å². The Morgan fingerprint density at radius 2 is 1.96 bits per heavy atom. The second kappa shape index (κ2) is 8.37. The number of hydrogen-bond donors (Lipinski definition) is 2. The molecule has 0 radical (unpaired) electrons. The molecular weight excluding hydrogens is 366 g/mol. The predicted octanol–water partition coefficient (Wildman–Crippen LogP) is 3.46. The molecule has 1 aliphatic rings. The van der Waals surface area contributed by atoms with Crippen LogP contribution in [0, 0.1) is 0 Å². The number of benzene rings is 1. The van der Waals surface area contributed by atoms with Gasteiger partial charge in [-0.1, -0.05) is 18.2 Å². The highest BCUT2D eigenvalue weighted by atomic mass is 32.1. The topological polar surface area (TPSA) is 87.1 Å². The van der Waals surface area contributed by atoms with E-state index in [9.17, 15) is 19.8 Å². The number of carbonyl (C=O) groups excluding carboxylic acids is 2. The SMILES string of the molecule is CCOCCCN1C(=O)C(O)=C(C(=O)c2cccs2)[C@@H]1c1ccc(O)cc1. The summed E-state index contributed by atoms with van der Waals surface area (Å²) in [6.45, 7) is 3.31. The molecular formula is C20H21NO5S. The number of nitrogens with zero attached hydrogens (tertiary/aromatic N) is 1. The Hall–Kier alpha value is -2.64. The van der Waals surface area contributed by atoms with Crippen molar-refractivity contribution < 1.29 is 24.5 Å². The number of Topliss-reactive ketones (excluding diaryl/α,β-unsaturated/α-hetero) is 1. The fourth-order valence-electron chi connectivity index (χ4n) is 3.14. The molecule has 27 heavy (non-hydrogen) atoms. The van der Waals surface area contributed by atoms with Crippen molar-refractivity contribution in [1.82, 2.24) is 4.90 Å². The van der Waals surface area contributed by atoms with Crippen LogP contribution in [-0.4, -0.2) is 46.6 Å². The standard InChI is InChI=1S/C20H21NO5S/c1-2-26-11-4-10-21-17(13-6-8-14(22)9-7-13)16(19(24)20(21)25)18(23)15-5-3-12-27-15/h3,5-9,12,17,22,24H,2,4,10-11H2,1H3/t17-/m0/s1. The van der Waals surface area contributed by atoms with Crippen LogP contribution in [0.25, 0.3) is 0 Å². The van der Waals surface area contributed by atoms with E-state index in [1.807, 2.05) is 6.92 Å². The van der Waals surface area contributed by atoms with Crippen molar-refractivity contribution in [1.29, 1.82) is 0 Å². The van der Waals surface area contributed by atoms with Gasteiger partial charge in [-0.2, -0.15) is 0 Å². The zero-order chi connectivity index (χ0) is 19.4. The lowest BCUT2D eigenvalue weighted by Gasteiger charge is -2.26. The maximum Gasteiger partial charge on any atom is 0.290 e. The summed E-state index contributed by atoms with van der Waals surface area (Å²) in [4.78, 5) is 27.6. The zero-order valence-electron chi connectivity index (χ0n) is 14.9. The van der Waals surface area contributed by atoms with Gasteiger partial charge >= 0.3 is 0 Å². The Bertz CT molecular complexity index is 842. The number of ether oxygens (including phenoxy) is 1. The number of aliphatic hydroxyl groups is 1. The molecule has 2 heterocycles. The number of phenols is 1. The van der Waals surface area contributed by atoms with Gasteiger partial charge in [-0.15, -0.1) is 11.3 Å². The molecule has 0 bridgehead atoms. The minimum absolute atomic E-state index is 0.0737. The molecule has 0 fully saturated rings. The summed E-state index contributed by atoms with van der Waals surface area (Å²) in [5, 5.41) is 21.8. The largest absolute Gasteiger partial charge is 0.508 e. The average molecular weight is 387 g/mol. The van der Waals surface area contributed by atoms with Gasteiger partial charge in [0.1, 0.15) is 5.75 Å². The normalized spacial score (nSPS) is 17.0. The van der Waals surface area contributed by atoms with Crippen LogP contribution in [0.15, 0.2) is 53.1 Å². The van der Waals surface area contributed by atoms with Crippen LogP contribution in [0.5, 0.6) is 5.75 Å². The van der Waals surface area contributed by atoms with Crippen LogP contribution in [0.4, 0.5) is 0 Å². The van der Waals surface area contributed by atoms with E-state index >= 15 is 0 Å². The van der Waals surface area contributed by atoms with Gasteiger partial charge in [-0.3, -0.25) is 9.59 Å². The first-order chi connectivity index (χ1) is 13.0. The zero-order valence-corrected chi connectivity index (χ0v) is 15.7. The van der Waals surface area contributed by atoms with E-state index in [0.717, 1.165) is 0 Å². The number of carbonyl (C=O) groups is 2. The molecule has 0 aliphatic carbocycles. The second-order valence-corrected chi connectivity index (χ2v) is 7.06. The first-order valence-corrected chi connectivity index (χ1v) is 9.61. The van der Waals surface area contributed by atoms with E-state index in [-0.39, 0.29) is 17.1 Å². The lowest BCUT2D eigenvalue weighted by atomic mass is 9.95. The van der Waals surface area contributed by atoms with Gasteiger partial charge in [0.05, 0.1) is 16.5 Å². The Balaban J connectivity index is 1.96. The van der Waals surface area contributed by atoms with Gasteiger partial charge in [0.2, 0.25) is 5.78 Å². The van der Waals surface area contributed by atoms with E-state index in [1.165, 1.54) is 28.4 Å². The third-order valence-corrected chi connectivity index (χ3v) is 5.26. The highest BCUT2D eigenvalue weighted by Gasteiger charge is 2.43. The van der Waals surface area contributed by atoms with Crippen molar-refractivity contribution in [2.45, 2.75) is 19.4 Å². The van der Waals surface area contributed by atoms with Gasteiger partial charge in [-0.05, 0) is 42.5 Å².